The molecule has 0 saturated heterocycles. The van der Waals surface area contributed by atoms with Crippen LogP contribution >= 0.6 is 11.3 Å². The van der Waals surface area contributed by atoms with Gasteiger partial charge in [-0.25, -0.2) is 9.59 Å². The summed E-state index contributed by atoms with van der Waals surface area (Å²) in [5, 5.41) is 3.04. The molecular weight excluding hydrogens is 380 g/mol. The summed E-state index contributed by atoms with van der Waals surface area (Å²) in [4.78, 5) is 41.1. The third kappa shape index (κ3) is 5.75. The van der Waals surface area contributed by atoms with Crippen LogP contribution in [0.1, 0.15) is 40.3 Å². The number of pyridine rings is 1. The molecular formula is C20H22N2O5S. The van der Waals surface area contributed by atoms with Gasteiger partial charge in [-0.2, -0.15) is 0 Å². The second-order valence-corrected chi connectivity index (χ2v) is 6.88. The first-order chi connectivity index (χ1) is 13.5. The number of nitrogens with zero attached hydrogens (tertiary/aromatic N) is 1. The number of carbonyl (C=O) groups excluding carboxylic acids is 3. The smallest absolute Gasteiger partial charge is 0.341 e. The zero-order valence-corrected chi connectivity index (χ0v) is 16.8. The topological polar surface area (TPSA) is 94.6 Å². The van der Waals surface area contributed by atoms with Crippen LogP contribution in [0.25, 0.3) is 6.08 Å². The molecule has 0 bridgehead atoms. The first kappa shape index (κ1) is 21.3. The molecule has 2 aromatic rings. The van der Waals surface area contributed by atoms with Gasteiger partial charge >= 0.3 is 11.9 Å². The molecule has 148 valence electrons. The van der Waals surface area contributed by atoms with Crippen molar-refractivity contribution < 1.29 is 23.9 Å². The van der Waals surface area contributed by atoms with E-state index in [-0.39, 0.29) is 6.61 Å². The highest BCUT2D eigenvalue weighted by molar-refractivity contribution is 7.16. The molecule has 1 amide bonds. The Bertz CT molecular complexity index is 874. The minimum Gasteiger partial charge on any atom is -0.462 e. The maximum absolute atomic E-state index is 12.3. The highest BCUT2D eigenvalue weighted by Crippen LogP contribution is 2.34. The van der Waals surface area contributed by atoms with Crippen LogP contribution in [0.4, 0.5) is 5.00 Å². The standard InChI is InChI=1S/C20H22N2O5S/c1-4-15-13(3)28-19(18(15)20(25)26-5-2)22-16(23)12-27-17(24)10-9-14-8-6-7-11-21-14/h6-11H,4-5,12H2,1-3H3,(H,22,23). The van der Waals surface area contributed by atoms with E-state index in [1.807, 2.05) is 13.8 Å². The van der Waals surface area contributed by atoms with Gasteiger partial charge in [-0.15, -0.1) is 11.3 Å². The van der Waals surface area contributed by atoms with E-state index in [2.05, 4.69) is 10.3 Å². The molecule has 0 aliphatic rings. The molecule has 7 nitrogen and oxygen atoms in total. The van der Waals surface area contributed by atoms with Crippen molar-refractivity contribution >= 4 is 40.3 Å². The molecule has 2 aromatic heterocycles. The number of nitrogens with one attached hydrogen (secondary N) is 1. The highest BCUT2D eigenvalue weighted by atomic mass is 32.1. The summed E-state index contributed by atoms with van der Waals surface area (Å²) in [7, 11) is 0. The summed E-state index contributed by atoms with van der Waals surface area (Å²) < 4.78 is 10.0. The zero-order chi connectivity index (χ0) is 20.5. The average molecular weight is 402 g/mol. The molecule has 1 N–H and O–H groups in total. The van der Waals surface area contributed by atoms with Crippen molar-refractivity contribution in [3.8, 4) is 0 Å². The van der Waals surface area contributed by atoms with Crippen LogP contribution in [-0.2, 0) is 25.5 Å². The molecule has 0 atom stereocenters. The number of thiophene rings is 1. The van der Waals surface area contributed by atoms with E-state index >= 15 is 0 Å². The first-order valence-corrected chi connectivity index (χ1v) is 9.63. The van der Waals surface area contributed by atoms with Crippen LogP contribution in [0.2, 0.25) is 0 Å². The summed E-state index contributed by atoms with van der Waals surface area (Å²) >= 11 is 1.29. The minimum absolute atomic E-state index is 0.241. The van der Waals surface area contributed by atoms with Gasteiger partial charge in [-0.05, 0) is 44.0 Å². The molecule has 0 unspecified atom stereocenters. The van der Waals surface area contributed by atoms with Crippen LogP contribution in [0.15, 0.2) is 30.5 Å². The van der Waals surface area contributed by atoms with E-state index in [1.165, 1.54) is 23.5 Å². The van der Waals surface area contributed by atoms with E-state index in [1.54, 1.807) is 31.3 Å². The van der Waals surface area contributed by atoms with Crippen molar-refractivity contribution in [1.82, 2.24) is 4.98 Å². The van der Waals surface area contributed by atoms with Crippen LogP contribution in [0.3, 0.4) is 0 Å². The highest BCUT2D eigenvalue weighted by Gasteiger charge is 2.23. The van der Waals surface area contributed by atoms with Crippen molar-refractivity contribution in [3.63, 3.8) is 0 Å². The van der Waals surface area contributed by atoms with Crippen molar-refractivity contribution in [2.75, 3.05) is 18.5 Å². The molecule has 0 fully saturated rings. The number of amides is 1. The molecule has 0 aromatic carbocycles. The summed E-state index contributed by atoms with van der Waals surface area (Å²) in [5.74, 6) is -1.67. The predicted octanol–water partition coefficient (Wildman–Crippen LogP) is 3.39. The third-order valence-electron chi connectivity index (χ3n) is 3.72. The maximum Gasteiger partial charge on any atom is 0.341 e. The fourth-order valence-corrected chi connectivity index (χ4v) is 3.64. The molecule has 0 aliphatic heterocycles. The van der Waals surface area contributed by atoms with Crippen molar-refractivity contribution in [1.29, 1.82) is 0 Å². The second kappa shape index (κ2) is 10.4. The Hall–Kier alpha value is -3.00. The number of carbonyl (C=O) groups is 3. The van der Waals surface area contributed by atoms with E-state index in [0.717, 1.165) is 10.4 Å². The number of aromatic nitrogens is 1. The lowest BCUT2D eigenvalue weighted by atomic mass is 10.1. The molecule has 8 heteroatoms. The Labute approximate surface area is 167 Å². The van der Waals surface area contributed by atoms with Crippen LogP contribution in [0.5, 0.6) is 0 Å². The number of rotatable bonds is 8. The van der Waals surface area contributed by atoms with Gasteiger partial charge in [0.2, 0.25) is 0 Å². The van der Waals surface area contributed by atoms with Crippen molar-refractivity contribution in [2.24, 2.45) is 0 Å². The molecule has 0 spiro atoms. The van der Waals surface area contributed by atoms with E-state index < -0.39 is 24.5 Å². The Morgan fingerprint density at radius 2 is 2.00 bits per heavy atom. The zero-order valence-electron chi connectivity index (χ0n) is 16.0. The SMILES string of the molecule is CCOC(=O)c1c(NC(=O)COC(=O)C=Cc2ccccn2)sc(C)c1CC. The monoisotopic (exact) mass is 402 g/mol. The quantitative estimate of drug-likeness (QED) is 0.537. The van der Waals surface area contributed by atoms with E-state index in [9.17, 15) is 14.4 Å². The normalized spacial score (nSPS) is 10.7. The molecule has 28 heavy (non-hydrogen) atoms. The van der Waals surface area contributed by atoms with Gasteiger partial charge in [0.15, 0.2) is 6.61 Å². The number of aryl methyl sites for hydroxylation is 1. The van der Waals surface area contributed by atoms with Gasteiger partial charge in [0.25, 0.3) is 5.91 Å². The molecule has 2 heterocycles. The van der Waals surface area contributed by atoms with Crippen LogP contribution < -0.4 is 5.32 Å². The molecule has 0 radical (unpaired) electrons. The van der Waals surface area contributed by atoms with Gasteiger partial charge in [-0.3, -0.25) is 9.78 Å². The fraction of sp³-hybridized carbons (Fsp3) is 0.300. The Morgan fingerprint density at radius 3 is 2.64 bits per heavy atom. The number of anilines is 1. The fourth-order valence-electron chi connectivity index (χ4n) is 2.49. The molecule has 0 saturated carbocycles. The van der Waals surface area contributed by atoms with Gasteiger partial charge in [0.05, 0.1) is 17.9 Å². The summed E-state index contributed by atoms with van der Waals surface area (Å²) in [5.41, 5.74) is 1.81. The van der Waals surface area contributed by atoms with Crippen molar-refractivity contribution in [2.45, 2.75) is 27.2 Å². The maximum atomic E-state index is 12.3. The second-order valence-electron chi connectivity index (χ2n) is 5.66. The number of hydrogen-bond acceptors (Lipinski definition) is 7. The lowest BCUT2D eigenvalue weighted by Crippen LogP contribution is -2.21. The Kier molecular flexibility index (Phi) is 7.88. The summed E-state index contributed by atoms with van der Waals surface area (Å²) in [6.45, 7) is 5.30. The minimum atomic E-state index is -0.664. The number of esters is 2. The Balaban J connectivity index is 1.98. The van der Waals surface area contributed by atoms with E-state index in [4.69, 9.17) is 9.47 Å². The predicted molar refractivity (Wildman–Crippen MR) is 107 cm³/mol. The number of ether oxygens (including phenoxy) is 2. The summed E-state index contributed by atoms with van der Waals surface area (Å²) in [6, 6.07) is 5.29. The Morgan fingerprint density at radius 1 is 1.21 bits per heavy atom. The average Bonchev–Trinajstić information content (AvgIpc) is 3.00. The van der Waals surface area contributed by atoms with Crippen LogP contribution in [-0.4, -0.2) is 36.0 Å². The number of hydrogen-bond donors (Lipinski definition) is 1. The van der Waals surface area contributed by atoms with Crippen molar-refractivity contribution in [3.05, 3.63) is 52.2 Å². The third-order valence-corrected chi connectivity index (χ3v) is 4.78. The van der Waals surface area contributed by atoms with Gasteiger partial charge in [0.1, 0.15) is 5.00 Å². The van der Waals surface area contributed by atoms with E-state index in [0.29, 0.717) is 22.7 Å². The lowest BCUT2D eigenvalue weighted by molar-refractivity contribution is -0.142. The first-order valence-electron chi connectivity index (χ1n) is 8.81. The van der Waals surface area contributed by atoms with Gasteiger partial charge in [-0.1, -0.05) is 13.0 Å². The lowest BCUT2D eigenvalue weighted by Gasteiger charge is -2.08. The largest absolute Gasteiger partial charge is 0.462 e. The summed E-state index contributed by atoms with van der Waals surface area (Å²) in [6.07, 6.45) is 4.94. The molecule has 2 rings (SSSR count). The molecule has 0 aliphatic carbocycles. The van der Waals surface area contributed by atoms with Gasteiger partial charge in [0, 0.05) is 17.2 Å². The van der Waals surface area contributed by atoms with Crippen LogP contribution in [0, 0.1) is 6.92 Å². The van der Waals surface area contributed by atoms with Gasteiger partial charge < -0.3 is 14.8 Å².